The molecule has 8 heteroatoms. The number of rotatable bonds is 5. The number of benzene rings is 2. The van der Waals surface area contributed by atoms with Crippen molar-refractivity contribution in [2.24, 2.45) is 0 Å². The highest BCUT2D eigenvalue weighted by atomic mass is 35.5. The number of fused-ring (bicyclic) bond motifs is 2. The highest BCUT2D eigenvalue weighted by molar-refractivity contribution is 7.99. The molecule has 2 heterocycles. The second kappa shape index (κ2) is 8.24. The summed E-state index contributed by atoms with van der Waals surface area (Å²) in [6, 6.07) is 16.7. The lowest BCUT2D eigenvalue weighted by atomic mass is 9.82. The molecule has 1 atom stereocenters. The number of nitrogens with zero attached hydrogens (tertiary/aromatic N) is 4. The van der Waals surface area contributed by atoms with Crippen LogP contribution in [0.1, 0.15) is 44.3 Å². The summed E-state index contributed by atoms with van der Waals surface area (Å²) >= 11 is 7.38. The van der Waals surface area contributed by atoms with Gasteiger partial charge in [-0.2, -0.15) is 4.98 Å². The lowest BCUT2D eigenvalue weighted by Crippen LogP contribution is -2.21. The van der Waals surface area contributed by atoms with Gasteiger partial charge in [0.2, 0.25) is 5.16 Å². The van der Waals surface area contributed by atoms with Gasteiger partial charge >= 0.3 is 0 Å². The number of thioether (sulfide) groups is 1. The fourth-order valence-corrected chi connectivity index (χ4v) is 4.68. The zero-order valence-corrected chi connectivity index (χ0v) is 17.9. The Kier molecular flexibility index (Phi) is 5.29. The second-order valence-electron chi connectivity index (χ2n) is 7.40. The van der Waals surface area contributed by atoms with Crippen molar-refractivity contribution in [1.82, 2.24) is 19.6 Å². The average Bonchev–Trinajstić information content (AvgIpc) is 3.18. The van der Waals surface area contributed by atoms with Gasteiger partial charge in [-0.1, -0.05) is 65.8 Å². The van der Waals surface area contributed by atoms with E-state index in [0.717, 1.165) is 11.3 Å². The molecule has 154 valence electrons. The zero-order chi connectivity index (χ0) is 21.4. The summed E-state index contributed by atoms with van der Waals surface area (Å²) in [6.45, 7) is 0. The molecule has 0 saturated heterocycles. The molecule has 1 aliphatic rings. The fraction of sp³-hybridized carbons (Fsp3) is 0.174. The number of hydrogen-bond donors (Lipinski definition) is 0. The maximum atomic E-state index is 12.8. The van der Waals surface area contributed by atoms with E-state index in [0.29, 0.717) is 39.9 Å². The standard InChI is InChI=1S/C23H17ClN4O2S/c24-17-8-4-7-15(9-17)16-10-19-18(20(29)11-16)12-28-22(25-19)26-23(27-28)31-13-21(30)14-5-2-1-3-6-14/h1-9,12,16H,10-11,13H2. The Hall–Kier alpha value is -3.03. The Morgan fingerprint density at radius 1 is 1.10 bits per heavy atom. The molecule has 4 aromatic rings. The van der Waals surface area contributed by atoms with Crippen LogP contribution in [0, 0.1) is 0 Å². The molecule has 2 aromatic heterocycles. The summed E-state index contributed by atoms with van der Waals surface area (Å²) < 4.78 is 1.52. The van der Waals surface area contributed by atoms with Crippen molar-refractivity contribution in [3.05, 3.63) is 88.2 Å². The molecule has 0 radical (unpaired) electrons. The van der Waals surface area contributed by atoms with Gasteiger partial charge < -0.3 is 0 Å². The summed E-state index contributed by atoms with van der Waals surface area (Å²) in [7, 11) is 0. The summed E-state index contributed by atoms with van der Waals surface area (Å²) in [5, 5.41) is 5.51. The van der Waals surface area contributed by atoms with Gasteiger partial charge in [-0.15, -0.1) is 5.10 Å². The van der Waals surface area contributed by atoms with Crippen LogP contribution < -0.4 is 0 Å². The Balaban J connectivity index is 1.38. The van der Waals surface area contributed by atoms with Gasteiger partial charge in [-0.05, 0) is 30.0 Å². The van der Waals surface area contributed by atoms with Crippen LogP contribution >= 0.6 is 23.4 Å². The van der Waals surface area contributed by atoms with Crippen LogP contribution in [0.5, 0.6) is 0 Å². The molecular formula is C23H17ClN4O2S. The second-order valence-corrected chi connectivity index (χ2v) is 8.78. The molecule has 31 heavy (non-hydrogen) atoms. The van der Waals surface area contributed by atoms with Crippen LogP contribution in [-0.4, -0.2) is 36.9 Å². The van der Waals surface area contributed by atoms with Crippen molar-refractivity contribution in [2.45, 2.75) is 23.9 Å². The van der Waals surface area contributed by atoms with Crippen molar-refractivity contribution >= 4 is 40.7 Å². The van der Waals surface area contributed by atoms with E-state index in [1.54, 1.807) is 18.3 Å². The van der Waals surface area contributed by atoms with Gasteiger partial charge in [0.15, 0.2) is 11.6 Å². The third-order valence-corrected chi connectivity index (χ3v) is 6.38. The van der Waals surface area contributed by atoms with Gasteiger partial charge in [0.1, 0.15) is 0 Å². The van der Waals surface area contributed by atoms with Gasteiger partial charge in [-0.25, -0.2) is 9.50 Å². The fourth-order valence-electron chi connectivity index (χ4n) is 3.76. The molecule has 1 unspecified atom stereocenters. The van der Waals surface area contributed by atoms with E-state index in [1.165, 1.54) is 16.3 Å². The van der Waals surface area contributed by atoms with E-state index in [-0.39, 0.29) is 23.2 Å². The van der Waals surface area contributed by atoms with Crippen molar-refractivity contribution in [3.8, 4) is 0 Å². The van der Waals surface area contributed by atoms with E-state index in [2.05, 4.69) is 15.1 Å². The largest absolute Gasteiger partial charge is 0.294 e. The molecule has 0 fully saturated rings. The first kappa shape index (κ1) is 19.9. The molecule has 0 aliphatic heterocycles. The Morgan fingerprint density at radius 3 is 2.74 bits per heavy atom. The number of aromatic nitrogens is 4. The summed E-state index contributed by atoms with van der Waals surface area (Å²) in [6.07, 6.45) is 2.74. The number of ketones is 2. The molecule has 0 N–H and O–H groups in total. The minimum Gasteiger partial charge on any atom is -0.294 e. The van der Waals surface area contributed by atoms with E-state index in [9.17, 15) is 9.59 Å². The number of carbonyl (C=O) groups is 2. The maximum Gasteiger partial charge on any atom is 0.253 e. The zero-order valence-electron chi connectivity index (χ0n) is 16.4. The molecule has 2 aromatic carbocycles. The predicted octanol–water partition coefficient (Wildman–Crippen LogP) is 4.67. The molecular weight excluding hydrogens is 432 g/mol. The van der Waals surface area contributed by atoms with Gasteiger partial charge in [0, 0.05) is 23.2 Å². The molecule has 0 bridgehead atoms. The highest BCUT2D eigenvalue weighted by Gasteiger charge is 2.28. The Bertz CT molecular complexity index is 1310. The van der Waals surface area contributed by atoms with E-state index in [1.807, 2.05) is 42.5 Å². The van der Waals surface area contributed by atoms with Crippen LogP contribution in [0.15, 0.2) is 66.0 Å². The predicted molar refractivity (Wildman–Crippen MR) is 119 cm³/mol. The van der Waals surface area contributed by atoms with Crippen LogP contribution in [0.3, 0.4) is 0 Å². The molecule has 6 nitrogen and oxygen atoms in total. The minimum absolute atomic E-state index is 0.0104. The maximum absolute atomic E-state index is 12.8. The van der Waals surface area contributed by atoms with Crippen LogP contribution in [0.4, 0.5) is 0 Å². The molecule has 0 spiro atoms. The van der Waals surface area contributed by atoms with Crippen LogP contribution in [0.2, 0.25) is 5.02 Å². The normalized spacial score (nSPS) is 15.8. The third-order valence-electron chi connectivity index (χ3n) is 5.31. The van der Waals surface area contributed by atoms with Crippen molar-refractivity contribution in [1.29, 1.82) is 0 Å². The van der Waals surface area contributed by atoms with Crippen molar-refractivity contribution in [3.63, 3.8) is 0 Å². The quantitative estimate of drug-likeness (QED) is 0.326. The van der Waals surface area contributed by atoms with Gasteiger partial charge in [0.25, 0.3) is 5.78 Å². The topological polar surface area (TPSA) is 77.2 Å². The molecule has 1 aliphatic carbocycles. The summed E-state index contributed by atoms with van der Waals surface area (Å²) in [5.74, 6) is 0.735. The number of hydrogen-bond acceptors (Lipinski definition) is 6. The van der Waals surface area contributed by atoms with Crippen LogP contribution in [0.25, 0.3) is 5.78 Å². The lowest BCUT2D eigenvalue weighted by Gasteiger charge is -2.23. The first-order valence-corrected chi connectivity index (χ1v) is 11.2. The highest BCUT2D eigenvalue weighted by Crippen LogP contribution is 2.33. The molecule has 0 saturated carbocycles. The lowest BCUT2D eigenvalue weighted by molar-refractivity contribution is 0.0961. The summed E-state index contributed by atoms with van der Waals surface area (Å²) in [5.41, 5.74) is 2.99. The first-order valence-electron chi connectivity index (χ1n) is 9.83. The van der Waals surface area contributed by atoms with E-state index >= 15 is 0 Å². The number of Topliss-reactive ketones (excluding diaryl/α,β-unsaturated/α-hetero) is 2. The molecule has 5 rings (SSSR count). The SMILES string of the molecule is O=C(CSc1nc2nc3c(cn2n1)C(=O)CC(c1cccc(Cl)c1)C3)c1ccccc1. The number of carbonyl (C=O) groups excluding carboxylic acids is 2. The van der Waals surface area contributed by atoms with Gasteiger partial charge in [-0.3, -0.25) is 9.59 Å². The van der Waals surface area contributed by atoms with Crippen LogP contribution in [-0.2, 0) is 6.42 Å². The smallest absolute Gasteiger partial charge is 0.253 e. The third kappa shape index (κ3) is 4.11. The Labute approximate surface area is 187 Å². The van der Waals surface area contributed by atoms with E-state index in [4.69, 9.17) is 11.6 Å². The van der Waals surface area contributed by atoms with Crippen molar-refractivity contribution in [2.75, 3.05) is 5.75 Å². The summed E-state index contributed by atoms with van der Waals surface area (Å²) in [4.78, 5) is 34.2. The Morgan fingerprint density at radius 2 is 1.94 bits per heavy atom. The van der Waals surface area contributed by atoms with E-state index < -0.39 is 0 Å². The minimum atomic E-state index is 0.0104. The van der Waals surface area contributed by atoms with Crippen molar-refractivity contribution < 1.29 is 9.59 Å². The number of halogens is 1. The average molecular weight is 449 g/mol. The first-order chi connectivity index (χ1) is 15.1. The van der Waals surface area contributed by atoms with Gasteiger partial charge in [0.05, 0.1) is 17.0 Å². The molecule has 0 amide bonds. The monoisotopic (exact) mass is 448 g/mol.